The molecule has 0 bridgehead atoms. The van der Waals surface area contributed by atoms with E-state index in [0.717, 1.165) is 4.47 Å². The highest BCUT2D eigenvalue weighted by atomic mass is 79.9. The molecular formula is C28H17BrS. The van der Waals surface area contributed by atoms with Crippen molar-refractivity contribution in [2.24, 2.45) is 0 Å². The fourth-order valence-corrected chi connectivity index (χ4v) is 5.81. The Morgan fingerprint density at radius 2 is 1.13 bits per heavy atom. The van der Waals surface area contributed by atoms with Crippen LogP contribution in [0.3, 0.4) is 0 Å². The van der Waals surface area contributed by atoms with Crippen LogP contribution in [0.1, 0.15) is 0 Å². The summed E-state index contributed by atoms with van der Waals surface area (Å²) in [6.07, 6.45) is 0. The maximum absolute atomic E-state index is 3.52. The minimum atomic E-state index is 1.10. The molecule has 0 nitrogen and oxygen atoms in total. The molecule has 0 radical (unpaired) electrons. The molecule has 6 rings (SSSR count). The van der Waals surface area contributed by atoms with Crippen molar-refractivity contribution in [3.05, 3.63) is 108 Å². The van der Waals surface area contributed by atoms with E-state index in [0.29, 0.717) is 0 Å². The van der Waals surface area contributed by atoms with Crippen molar-refractivity contribution in [2.75, 3.05) is 0 Å². The van der Waals surface area contributed by atoms with E-state index < -0.39 is 0 Å². The second-order valence-corrected chi connectivity index (χ2v) is 9.50. The second-order valence-electron chi connectivity index (χ2n) is 7.53. The fraction of sp³-hybridized carbons (Fsp3) is 0. The van der Waals surface area contributed by atoms with Crippen LogP contribution in [0.25, 0.3) is 53.2 Å². The molecule has 0 unspecified atom stereocenters. The zero-order chi connectivity index (χ0) is 20.1. The van der Waals surface area contributed by atoms with Crippen LogP contribution in [0.15, 0.2) is 108 Å². The number of hydrogen-bond acceptors (Lipinski definition) is 1. The summed E-state index contributed by atoms with van der Waals surface area (Å²) in [6, 6.07) is 37.3. The highest BCUT2D eigenvalue weighted by molar-refractivity contribution is 9.10. The third-order valence-electron chi connectivity index (χ3n) is 5.74. The number of fused-ring (bicyclic) bond motifs is 4. The second kappa shape index (κ2) is 7.09. The van der Waals surface area contributed by atoms with Crippen molar-refractivity contribution in [3.8, 4) is 22.3 Å². The first-order valence-electron chi connectivity index (χ1n) is 9.97. The van der Waals surface area contributed by atoms with Crippen molar-refractivity contribution in [1.29, 1.82) is 0 Å². The first-order valence-corrected chi connectivity index (χ1v) is 11.6. The molecule has 0 atom stereocenters. The molecule has 0 aliphatic carbocycles. The summed E-state index contributed by atoms with van der Waals surface area (Å²) in [5, 5.41) is 5.30. The Labute approximate surface area is 187 Å². The van der Waals surface area contributed by atoms with Gasteiger partial charge in [0, 0.05) is 30.2 Å². The van der Waals surface area contributed by atoms with Crippen LogP contribution < -0.4 is 0 Å². The van der Waals surface area contributed by atoms with Crippen LogP contribution in [-0.2, 0) is 0 Å². The molecule has 1 aromatic heterocycles. The lowest BCUT2D eigenvalue weighted by Crippen LogP contribution is -1.84. The third kappa shape index (κ3) is 2.87. The largest absolute Gasteiger partial charge is 0.135 e. The van der Waals surface area contributed by atoms with E-state index in [2.05, 4.69) is 119 Å². The molecule has 0 amide bonds. The third-order valence-corrected chi connectivity index (χ3v) is 7.47. The molecular weight excluding hydrogens is 448 g/mol. The molecule has 1 heterocycles. The summed E-state index contributed by atoms with van der Waals surface area (Å²) < 4.78 is 3.81. The van der Waals surface area contributed by atoms with Gasteiger partial charge in [0.15, 0.2) is 0 Å². The number of hydrogen-bond donors (Lipinski definition) is 0. The van der Waals surface area contributed by atoms with Crippen LogP contribution >= 0.6 is 27.3 Å². The molecule has 0 spiro atoms. The van der Waals surface area contributed by atoms with Gasteiger partial charge in [-0.15, -0.1) is 11.3 Å². The Morgan fingerprint density at radius 3 is 1.90 bits per heavy atom. The Balaban J connectivity index is 1.61. The van der Waals surface area contributed by atoms with E-state index in [9.17, 15) is 0 Å². The molecule has 0 aliphatic rings. The zero-order valence-electron chi connectivity index (χ0n) is 16.1. The van der Waals surface area contributed by atoms with Crippen molar-refractivity contribution >= 4 is 58.2 Å². The lowest BCUT2D eigenvalue weighted by molar-refractivity contribution is 1.59. The Bertz CT molecular complexity index is 1520. The molecule has 6 aromatic rings. The zero-order valence-corrected chi connectivity index (χ0v) is 18.5. The molecule has 0 fully saturated rings. The lowest BCUT2D eigenvalue weighted by atomic mass is 9.94. The summed E-state index contributed by atoms with van der Waals surface area (Å²) in [5.74, 6) is 0. The van der Waals surface area contributed by atoms with Gasteiger partial charge in [-0.25, -0.2) is 0 Å². The average Bonchev–Trinajstić information content (AvgIpc) is 3.16. The SMILES string of the molecule is Brc1ccc(-c2ccc(-c3c4ccccc4cc4c3sc3ccccc34)cc2)cc1. The smallest absolute Gasteiger partial charge is 0.0440 e. The summed E-state index contributed by atoms with van der Waals surface area (Å²) in [6.45, 7) is 0. The van der Waals surface area contributed by atoms with Crippen LogP contribution in [0.5, 0.6) is 0 Å². The van der Waals surface area contributed by atoms with Crippen LogP contribution in [0.4, 0.5) is 0 Å². The van der Waals surface area contributed by atoms with Crippen molar-refractivity contribution in [2.45, 2.75) is 0 Å². The van der Waals surface area contributed by atoms with Gasteiger partial charge in [-0.05, 0) is 51.7 Å². The van der Waals surface area contributed by atoms with Gasteiger partial charge in [-0.2, -0.15) is 0 Å². The topological polar surface area (TPSA) is 0 Å². The van der Waals surface area contributed by atoms with Crippen LogP contribution in [0.2, 0.25) is 0 Å². The maximum Gasteiger partial charge on any atom is 0.0440 e. The van der Waals surface area contributed by atoms with E-state index in [-0.39, 0.29) is 0 Å². The summed E-state index contributed by atoms with van der Waals surface area (Å²) in [7, 11) is 0. The predicted octanol–water partition coefficient (Wildman–Crippen LogP) is 9.30. The van der Waals surface area contributed by atoms with E-state index in [4.69, 9.17) is 0 Å². The van der Waals surface area contributed by atoms with Gasteiger partial charge in [0.1, 0.15) is 0 Å². The van der Waals surface area contributed by atoms with Crippen molar-refractivity contribution < 1.29 is 0 Å². The van der Waals surface area contributed by atoms with Gasteiger partial charge in [0.25, 0.3) is 0 Å². The molecule has 142 valence electrons. The predicted molar refractivity (Wildman–Crippen MR) is 135 cm³/mol. The number of rotatable bonds is 2. The quantitative estimate of drug-likeness (QED) is 0.239. The molecule has 0 saturated carbocycles. The maximum atomic E-state index is 3.52. The summed E-state index contributed by atoms with van der Waals surface area (Å²) >= 11 is 5.42. The number of thiophene rings is 1. The standard InChI is InChI=1S/C28H17BrS/c29-22-15-13-19(14-16-22)18-9-11-20(12-10-18)27-23-6-2-1-5-21(23)17-25-24-7-3-4-8-26(24)30-28(25)27/h1-17H. The molecule has 0 N–H and O–H groups in total. The monoisotopic (exact) mass is 464 g/mol. The normalized spacial score (nSPS) is 11.5. The van der Waals surface area contributed by atoms with E-state index in [1.807, 2.05) is 11.3 Å². The first kappa shape index (κ1) is 17.9. The summed E-state index contributed by atoms with van der Waals surface area (Å²) in [5.41, 5.74) is 5.07. The molecule has 5 aromatic carbocycles. The van der Waals surface area contributed by atoms with E-state index >= 15 is 0 Å². The Hall–Kier alpha value is -2.94. The van der Waals surface area contributed by atoms with E-state index in [1.54, 1.807) is 0 Å². The lowest BCUT2D eigenvalue weighted by Gasteiger charge is -2.11. The van der Waals surface area contributed by atoms with Gasteiger partial charge in [0.05, 0.1) is 0 Å². The minimum absolute atomic E-state index is 1.10. The van der Waals surface area contributed by atoms with Crippen molar-refractivity contribution in [3.63, 3.8) is 0 Å². The van der Waals surface area contributed by atoms with Gasteiger partial charge in [-0.3, -0.25) is 0 Å². The number of benzene rings is 5. The van der Waals surface area contributed by atoms with Crippen LogP contribution in [-0.4, -0.2) is 0 Å². The average molecular weight is 465 g/mol. The highest BCUT2D eigenvalue weighted by Gasteiger charge is 2.14. The Kier molecular flexibility index (Phi) is 4.22. The molecule has 0 aliphatic heterocycles. The van der Waals surface area contributed by atoms with Gasteiger partial charge >= 0.3 is 0 Å². The number of halogens is 1. The van der Waals surface area contributed by atoms with Gasteiger partial charge in [-0.1, -0.05) is 94.8 Å². The fourth-order valence-electron chi connectivity index (χ4n) is 4.28. The Morgan fingerprint density at radius 1 is 0.533 bits per heavy atom. The van der Waals surface area contributed by atoms with Gasteiger partial charge in [0.2, 0.25) is 0 Å². The highest BCUT2D eigenvalue weighted by Crippen LogP contribution is 2.44. The first-order chi connectivity index (χ1) is 14.8. The molecule has 2 heteroatoms. The van der Waals surface area contributed by atoms with E-state index in [1.165, 1.54) is 53.2 Å². The van der Waals surface area contributed by atoms with Crippen molar-refractivity contribution in [1.82, 2.24) is 0 Å². The molecule has 30 heavy (non-hydrogen) atoms. The van der Waals surface area contributed by atoms with Crippen LogP contribution in [0, 0.1) is 0 Å². The summed E-state index contributed by atoms with van der Waals surface area (Å²) in [4.78, 5) is 0. The molecule has 0 saturated heterocycles. The minimum Gasteiger partial charge on any atom is -0.135 e. The van der Waals surface area contributed by atoms with Gasteiger partial charge < -0.3 is 0 Å².